The second kappa shape index (κ2) is 5.78. The molecular weight excluding hydrogens is 258 g/mol. The Morgan fingerprint density at radius 2 is 2.05 bits per heavy atom. The van der Waals surface area contributed by atoms with Gasteiger partial charge >= 0.3 is 6.01 Å². The van der Waals surface area contributed by atoms with Gasteiger partial charge < -0.3 is 20.4 Å². The lowest BCUT2D eigenvalue weighted by Gasteiger charge is -2.25. The lowest BCUT2D eigenvalue weighted by atomic mass is 10.2. The van der Waals surface area contributed by atoms with Crippen molar-refractivity contribution in [3.63, 3.8) is 0 Å². The van der Waals surface area contributed by atoms with Gasteiger partial charge in [-0.05, 0) is 25.7 Å². The summed E-state index contributed by atoms with van der Waals surface area (Å²) in [5.41, 5.74) is 5.33. The van der Waals surface area contributed by atoms with Crippen LogP contribution < -0.4 is 16.0 Å². The minimum absolute atomic E-state index is 0.141. The second-order valence-corrected chi connectivity index (χ2v) is 5.67. The third kappa shape index (κ3) is 3.27. The summed E-state index contributed by atoms with van der Waals surface area (Å²) < 4.78 is 5.67. The molecule has 0 aliphatic heterocycles. The quantitative estimate of drug-likeness (QED) is 0.756. The van der Waals surface area contributed by atoms with Crippen molar-refractivity contribution in [2.45, 2.75) is 57.2 Å². The summed E-state index contributed by atoms with van der Waals surface area (Å²) in [5.74, 6) is 0.201. The van der Waals surface area contributed by atoms with Crippen LogP contribution in [-0.4, -0.2) is 34.7 Å². The lowest BCUT2D eigenvalue weighted by Crippen LogP contribution is -2.40. The minimum Gasteiger partial charge on any atom is -0.407 e. The first-order valence-corrected chi connectivity index (χ1v) is 7.33. The average molecular weight is 279 g/mol. The third-order valence-electron chi connectivity index (χ3n) is 3.91. The summed E-state index contributed by atoms with van der Waals surface area (Å²) in [5, 5.41) is 11.4. The molecule has 2 saturated carbocycles. The van der Waals surface area contributed by atoms with Gasteiger partial charge in [-0.1, -0.05) is 17.9 Å². The molecule has 3 rings (SSSR count). The molecule has 0 unspecified atom stereocenters. The van der Waals surface area contributed by atoms with Crippen LogP contribution in [-0.2, 0) is 11.3 Å². The van der Waals surface area contributed by atoms with E-state index in [1.165, 1.54) is 25.7 Å². The van der Waals surface area contributed by atoms with Gasteiger partial charge in [0, 0.05) is 12.1 Å². The highest BCUT2D eigenvalue weighted by atomic mass is 16.4. The molecule has 3 N–H and O–H groups in total. The van der Waals surface area contributed by atoms with Gasteiger partial charge in [0.05, 0.1) is 6.54 Å². The summed E-state index contributed by atoms with van der Waals surface area (Å²) in [4.78, 5) is 13.1. The molecule has 0 atom stereocenters. The number of rotatable bonds is 7. The fraction of sp³-hybridized carbons (Fsp3) is 0.769. The fourth-order valence-corrected chi connectivity index (χ4v) is 2.69. The van der Waals surface area contributed by atoms with E-state index >= 15 is 0 Å². The Kier molecular flexibility index (Phi) is 3.86. The van der Waals surface area contributed by atoms with Crippen molar-refractivity contribution in [1.29, 1.82) is 0 Å². The largest absolute Gasteiger partial charge is 0.407 e. The van der Waals surface area contributed by atoms with Crippen LogP contribution in [0.4, 0.5) is 6.01 Å². The maximum atomic E-state index is 11.2. The van der Waals surface area contributed by atoms with Crippen LogP contribution in [0.5, 0.6) is 0 Å². The van der Waals surface area contributed by atoms with Gasteiger partial charge in [-0.25, -0.2) is 0 Å². The molecule has 0 spiro atoms. The number of aromatic nitrogens is 2. The van der Waals surface area contributed by atoms with E-state index in [1.54, 1.807) is 0 Å². The number of hydrogen-bond acceptors (Lipinski definition) is 6. The van der Waals surface area contributed by atoms with E-state index in [2.05, 4.69) is 15.5 Å². The number of nitrogens with two attached hydrogens (primary N) is 1. The Morgan fingerprint density at radius 1 is 1.30 bits per heavy atom. The smallest absolute Gasteiger partial charge is 0.318 e. The molecule has 2 aliphatic carbocycles. The first kappa shape index (κ1) is 13.4. The van der Waals surface area contributed by atoms with E-state index in [0.29, 0.717) is 24.5 Å². The van der Waals surface area contributed by atoms with E-state index in [9.17, 15) is 4.79 Å². The Balaban J connectivity index is 1.66. The predicted octanol–water partition coefficient (Wildman–Crippen LogP) is 0.556. The summed E-state index contributed by atoms with van der Waals surface area (Å²) in [6.45, 7) is 0.731. The Bertz CT molecular complexity index is 465. The zero-order valence-corrected chi connectivity index (χ0v) is 11.5. The van der Waals surface area contributed by atoms with Crippen LogP contribution in [0, 0.1) is 0 Å². The van der Waals surface area contributed by atoms with Crippen molar-refractivity contribution in [2.24, 2.45) is 5.73 Å². The molecule has 1 aromatic rings. The zero-order chi connectivity index (χ0) is 13.9. The highest BCUT2D eigenvalue weighted by molar-refractivity contribution is 5.78. The monoisotopic (exact) mass is 279 g/mol. The van der Waals surface area contributed by atoms with Crippen molar-refractivity contribution in [3.05, 3.63) is 5.89 Å². The van der Waals surface area contributed by atoms with Gasteiger partial charge in [-0.2, -0.15) is 0 Å². The molecule has 110 valence electrons. The summed E-state index contributed by atoms with van der Waals surface area (Å²) in [6, 6.07) is 1.30. The van der Waals surface area contributed by atoms with E-state index in [4.69, 9.17) is 10.2 Å². The molecule has 0 aromatic carbocycles. The van der Waals surface area contributed by atoms with Crippen LogP contribution in [0.15, 0.2) is 4.42 Å². The number of carbonyl (C=O) groups is 1. The highest BCUT2D eigenvalue weighted by Crippen LogP contribution is 2.27. The average Bonchev–Trinajstić information content (AvgIpc) is 2.93. The van der Waals surface area contributed by atoms with Crippen molar-refractivity contribution >= 4 is 11.9 Å². The van der Waals surface area contributed by atoms with Gasteiger partial charge in [0.15, 0.2) is 0 Å². The molecule has 7 heteroatoms. The summed E-state index contributed by atoms with van der Waals surface area (Å²) >= 11 is 0. The minimum atomic E-state index is -0.368. The molecule has 2 aliphatic rings. The molecule has 7 nitrogen and oxygen atoms in total. The van der Waals surface area contributed by atoms with Crippen molar-refractivity contribution in [1.82, 2.24) is 15.5 Å². The number of primary amides is 1. The Morgan fingerprint density at radius 3 is 2.70 bits per heavy atom. The molecule has 0 radical (unpaired) electrons. The Hall–Kier alpha value is -1.63. The standard InChI is InChI=1S/C13H21N5O2/c14-11(19)8-18(10-3-1-2-4-10)13-17-16-12(20-13)7-15-9-5-6-9/h9-10,15H,1-8H2,(H2,14,19). The topological polar surface area (TPSA) is 97.3 Å². The number of carbonyl (C=O) groups excluding carboxylic acids is 1. The predicted molar refractivity (Wildman–Crippen MR) is 73.0 cm³/mol. The van der Waals surface area contributed by atoms with Crippen LogP contribution in [0.2, 0.25) is 0 Å². The molecular formula is C13H21N5O2. The third-order valence-corrected chi connectivity index (χ3v) is 3.91. The number of nitrogens with one attached hydrogen (secondary N) is 1. The second-order valence-electron chi connectivity index (χ2n) is 5.67. The summed E-state index contributed by atoms with van der Waals surface area (Å²) in [6.07, 6.45) is 6.87. The van der Waals surface area contributed by atoms with Crippen molar-refractivity contribution in [2.75, 3.05) is 11.4 Å². The number of anilines is 1. The molecule has 20 heavy (non-hydrogen) atoms. The molecule has 0 bridgehead atoms. The maximum absolute atomic E-state index is 11.2. The van der Waals surface area contributed by atoms with Crippen LogP contribution in [0.3, 0.4) is 0 Å². The van der Waals surface area contributed by atoms with Crippen LogP contribution in [0.25, 0.3) is 0 Å². The van der Waals surface area contributed by atoms with E-state index < -0.39 is 0 Å². The number of hydrogen-bond donors (Lipinski definition) is 2. The Labute approximate surface area is 117 Å². The normalized spacial score (nSPS) is 19.4. The van der Waals surface area contributed by atoms with Crippen molar-refractivity contribution < 1.29 is 9.21 Å². The molecule has 0 saturated heterocycles. The first-order valence-electron chi connectivity index (χ1n) is 7.33. The lowest BCUT2D eigenvalue weighted by molar-refractivity contribution is -0.116. The first-order chi connectivity index (χ1) is 9.72. The fourth-order valence-electron chi connectivity index (χ4n) is 2.69. The maximum Gasteiger partial charge on any atom is 0.318 e. The van der Waals surface area contributed by atoms with Gasteiger partial charge in [0.2, 0.25) is 11.8 Å². The molecule has 2 fully saturated rings. The SMILES string of the molecule is NC(=O)CN(c1nnc(CNC2CC2)o1)C1CCCC1. The molecule has 1 heterocycles. The van der Waals surface area contributed by atoms with Gasteiger partial charge in [0.25, 0.3) is 0 Å². The number of amides is 1. The van der Waals surface area contributed by atoms with E-state index in [0.717, 1.165) is 12.8 Å². The van der Waals surface area contributed by atoms with E-state index in [1.807, 2.05) is 4.90 Å². The van der Waals surface area contributed by atoms with Crippen LogP contribution in [0.1, 0.15) is 44.4 Å². The van der Waals surface area contributed by atoms with Gasteiger partial charge in [-0.3, -0.25) is 4.79 Å². The van der Waals surface area contributed by atoms with Crippen LogP contribution >= 0.6 is 0 Å². The van der Waals surface area contributed by atoms with Gasteiger partial charge in [0.1, 0.15) is 6.54 Å². The zero-order valence-electron chi connectivity index (χ0n) is 11.5. The highest BCUT2D eigenvalue weighted by Gasteiger charge is 2.28. The number of nitrogens with zero attached hydrogens (tertiary/aromatic N) is 3. The molecule has 1 amide bonds. The molecule has 1 aromatic heterocycles. The van der Waals surface area contributed by atoms with Gasteiger partial charge in [-0.15, -0.1) is 5.10 Å². The summed E-state index contributed by atoms with van der Waals surface area (Å²) in [7, 11) is 0. The van der Waals surface area contributed by atoms with E-state index in [-0.39, 0.29) is 18.5 Å². The van der Waals surface area contributed by atoms with Crippen molar-refractivity contribution in [3.8, 4) is 0 Å².